The fraction of sp³-hybridized carbons (Fsp3) is 0.455. The third-order valence-electron chi connectivity index (χ3n) is 3.15. The molecule has 1 saturated carbocycles. The zero-order chi connectivity index (χ0) is 11.9. The quantitative estimate of drug-likeness (QED) is 0.484. The predicted octanol–water partition coefficient (Wildman–Crippen LogP) is 2.62. The molecule has 0 aliphatic heterocycles. The third kappa shape index (κ3) is 1.59. The van der Waals surface area contributed by atoms with Crippen LogP contribution in [0, 0.1) is 23.3 Å². The lowest BCUT2D eigenvalue weighted by atomic mass is 9.91. The first-order valence-corrected chi connectivity index (χ1v) is 5.05. The second-order valence-corrected chi connectivity index (χ2v) is 4.17. The first kappa shape index (κ1) is 11.4. The van der Waals surface area contributed by atoms with Crippen molar-refractivity contribution in [3.05, 3.63) is 34.9 Å². The smallest absolute Gasteiger partial charge is 0.197 e. The summed E-state index contributed by atoms with van der Waals surface area (Å²) in [5.41, 5.74) is 4.69. The van der Waals surface area contributed by atoms with E-state index in [0.29, 0.717) is 25.8 Å². The van der Waals surface area contributed by atoms with Crippen LogP contribution in [0.25, 0.3) is 0 Å². The molecule has 16 heavy (non-hydrogen) atoms. The van der Waals surface area contributed by atoms with Gasteiger partial charge in [0.1, 0.15) is 0 Å². The van der Waals surface area contributed by atoms with Crippen LogP contribution in [0.2, 0.25) is 0 Å². The van der Waals surface area contributed by atoms with Crippen molar-refractivity contribution in [3.63, 3.8) is 0 Å². The Morgan fingerprint density at radius 2 is 1.69 bits per heavy atom. The van der Waals surface area contributed by atoms with Gasteiger partial charge in [-0.1, -0.05) is 0 Å². The lowest BCUT2D eigenvalue weighted by Crippen LogP contribution is -2.17. The molecule has 0 aromatic heterocycles. The van der Waals surface area contributed by atoms with Gasteiger partial charge in [-0.3, -0.25) is 0 Å². The van der Waals surface area contributed by atoms with Gasteiger partial charge in [0.25, 0.3) is 0 Å². The van der Waals surface area contributed by atoms with Crippen LogP contribution in [0.5, 0.6) is 0 Å². The van der Waals surface area contributed by atoms with Gasteiger partial charge in [-0.25, -0.2) is 17.6 Å². The molecule has 0 amide bonds. The van der Waals surface area contributed by atoms with E-state index in [0.717, 1.165) is 6.07 Å². The maximum absolute atomic E-state index is 13.5. The van der Waals surface area contributed by atoms with Crippen LogP contribution in [0.15, 0.2) is 6.07 Å². The normalized spacial score (nSPS) is 17.6. The fourth-order valence-corrected chi connectivity index (χ4v) is 2.04. The second-order valence-electron chi connectivity index (χ2n) is 4.17. The van der Waals surface area contributed by atoms with Gasteiger partial charge in [-0.15, -0.1) is 0 Å². The standard InChI is InChI=1S/C11H11F4N/c12-7-5-6(8(13)10(15)9(7)14)11(1-2-11)3-4-16/h5H,1-4,16H2. The highest BCUT2D eigenvalue weighted by molar-refractivity contribution is 5.34. The van der Waals surface area contributed by atoms with Crippen molar-refractivity contribution in [3.8, 4) is 0 Å². The zero-order valence-corrected chi connectivity index (χ0v) is 8.49. The van der Waals surface area contributed by atoms with Gasteiger partial charge >= 0.3 is 0 Å². The van der Waals surface area contributed by atoms with Gasteiger partial charge in [0.15, 0.2) is 23.3 Å². The highest BCUT2D eigenvalue weighted by Crippen LogP contribution is 2.52. The number of hydrogen-bond acceptors (Lipinski definition) is 1. The minimum Gasteiger partial charge on any atom is -0.330 e. The minimum absolute atomic E-state index is 0.0886. The average molecular weight is 233 g/mol. The highest BCUT2D eigenvalue weighted by atomic mass is 19.2. The van der Waals surface area contributed by atoms with Crippen LogP contribution in [0.3, 0.4) is 0 Å². The molecule has 0 saturated heterocycles. The van der Waals surface area contributed by atoms with E-state index in [4.69, 9.17) is 5.73 Å². The van der Waals surface area contributed by atoms with Gasteiger partial charge in [-0.2, -0.15) is 0 Å². The molecule has 1 aromatic rings. The van der Waals surface area contributed by atoms with Crippen LogP contribution in [-0.2, 0) is 5.41 Å². The molecule has 0 bridgehead atoms. The van der Waals surface area contributed by atoms with Gasteiger partial charge < -0.3 is 5.73 Å². The van der Waals surface area contributed by atoms with E-state index in [-0.39, 0.29) is 5.56 Å². The Morgan fingerprint density at radius 3 is 2.19 bits per heavy atom. The van der Waals surface area contributed by atoms with Gasteiger partial charge in [0.05, 0.1) is 0 Å². The van der Waals surface area contributed by atoms with E-state index in [9.17, 15) is 17.6 Å². The van der Waals surface area contributed by atoms with Gasteiger partial charge in [0.2, 0.25) is 0 Å². The lowest BCUT2D eigenvalue weighted by Gasteiger charge is -2.16. The van der Waals surface area contributed by atoms with Crippen molar-refractivity contribution < 1.29 is 17.6 Å². The van der Waals surface area contributed by atoms with E-state index >= 15 is 0 Å². The molecule has 1 fully saturated rings. The molecule has 2 rings (SSSR count). The Bertz CT molecular complexity index is 426. The van der Waals surface area contributed by atoms with Crippen molar-refractivity contribution >= 4 is 0 Å². The van der Waals surface area contributed by atoms with Gasteiger partial charge in [0, 0.05) is 5.56 Å². The summed E-state index contributed by atoms with van der Waals surface area (Å²) < 4.78 is 52.3. The summed E-state index contributed by atoms with van der Waals surface area (Å²) in [7, 11) is 0. The van der Waals surface area contributed by atoms with Crippen LogP contribution in [0.1, 0.15) is 24.8 Å². The maximum Gasteiger partial charge on any atom is 0.197 e. The molecule has 1 aliphatic rings. The zero-order valence-electron chi connectivity index (χ0n) is 8.49. The topological polar surface area (TPSA) is 26.0 Å². The molecule has 0 unspecified atom stereocenters. The molecule has 1 aliphatic carbocycles. The van der Waals surface area contributed by atoms with E-state index < -0.39 is 28.7 Å². The molecule has 1 nitrogen and oxygen atoms in total. The summed E-state index contributed by atoms with van der Waals surface area (Å²) in [6, 6.07) is 0.746. The SMILES string of the molecule is NCCC1(c2cc(F)c(F)c(F)c2F)CC1. The number of nitrogens with two attached hydrogens (primary N) is 1. The maximum atomic E-state index is 13.5. The van der Waals surface area contributed by atoms with Crippen molar-refractivity contribution in [1.82, 2.24) is 0 Å². The lowest BCUT2D eigenvalue weighted by molar-refractivity contribution is 0.396. The summed E-state index contributed by atoms with van der Waals surface area (Å²) in [5.74, 6) is -6.13. The summed E-state index contributed by atoms with van der Waals surface area (Å²) >= 11 is 0. The largest absolute Gasteiger partial charge is 0.330 e. The van der Waals surface area contributed by atoms with Gasteiger partial charge in [-0.05, 0) is 37.3 Å². The number of hydrogen-bond donors (Lipinski definition) is 1. The molecule has 2 N–H and O–H groups in total. The van der Waals surface area contributed by atoms with E-state index in [1.54, 1.807) is 0 Å². The number of rotatable bonds is 3. The van der Waals surface area contributed by atoms with E-state index in [1.807, 2.05) is 0 Å². The van der Waals surface area contributed by atoms with Crippen LogP contribution >= 0.6 is 0 Å². The van der Waals surface area contributed by atoms with Crippen molar-refractivity contribution in [2.45, 2.75) is 24.7 Å². The monoisotopic (exact) mass is 233 g/mol. The van der Waals surface area contributed by atoms with E-state index in [2.05, 4.69) is 0 Å². The van der Waals surface area contributed by atoms with Crippen LogP contribution in [0.4, 0.5) is 17.6 Å². The van der Waals surface area contributed by atoms with Crippen LogP contribution in [-0.4, -0.2) is 6.54 Å². The highest BCUT2D eigenvalue weighted by Gasteiger charge is 2.46. The van der Waals surface area contributed by atoms with Crippen LogP contribution < -0.4 is 5.73 Å². The molecule has 1 aromatic carbocycles. The third-order valence-corrected chi connectivity index (χ3v) is 3.15. The van der Waals surface area contributed by atoms with Crippen molar-refractivity contribution in [2.24, 2.45) is 5.73 Å². The summed E-state index contributed by atoms with van der Waals surface area (Å²) in [4.78, 5) is 0. The minimum atomic E-state index is -1.76. The number of halogens is 4. The average Bonchev–Trinajstić information content (AvgIpc) is 3.02. The molecule has 5 heteroatoms. The molecule has 88 valence electrons. The summed E-state index contributed by atoms with van der Waals surface area (Å²) in [6.07, 6.45) is 1.71. The Labute approximate surface area is 90.3 Å². The van der Waals surface area contributed by atoms with Crippen molar-refractivity contribution in [1.29, 1.82) is 0 Å². The number of benzene rings is 1. The summed E-state index contributed by atoms with van der Waals surface area (Å²) in [5, 5.41) is 0. The molecule has 0 radical (unpaired) electrons. The summed E-state index contributed by atoms with van der Waals surface area (Å²) in [6.45, 7) is 0.306. The molecule has 0 heterocycles. The molecular formula is C11H11F4N. The molecular weight excluding hydrogens is 222 g/mol. The van der Waals surface area contributed by atoms with E-state index in [1.165, 1.54) is 0 Å². The molecule has 0 atom stereocenters. The fourth-order valence-electron chi connectivity index (χ4n) is 2.04. The first-order chi connectivity index (χ1) is 7.52. The Balaban J connectivity index is 2.50. The van der Waals surface area contributed by atoms with Crippen molar-refractivity contribution in [2.75, 3.05) is 6.54 Å². The first-order valence-electron chi connectivity index (χ1n) is 5.05. The molecule has 0 spiro atoms. The Hall–Kier alpha value is -1.10. The Kier molecular flexibility index (Phi) is 2.66. The second kappa shape index (κ2) is 3.73. The predicted molar refractivity (Wildman–Crippen MR) is 50.9 cm³/mol. The Morgan fingerprint density at radius 1 is 1.06 bits per heavy atom.